The number of aromatic nitrogens is 1. The molecule has 0 saturated carbocycles. The lowest BCUT2D eigenvalue weighted by Gasteiger charge is -2.27. The normalized spacial score (nSPS) is 14.2. The zero-order valence-corrected chi connectivity index (χ0v) is 13.8. The Labute approximate surface area is 130 Å². The molecule has 0 aliphatic rings. The molecule has 0 unspecified atom stereocenters. The number of pyridine rings is 1. The summed E-state index contributed by atoms with van der Waals surface area (Å²) in [5.74, 6) is 0.156. The Morgan fingerprint density at radius 2 is 2.10 bits per heavy atom. The van der Waals surface area contributed by atoms with Gasteiger partial charge in [-0.1, -0.05) is 43.5 Å². The first-order valence-corrected chi connectivity index (χ1v) is 7.37. The fourth-order valence-corrected chi connectivity index (χ4v) is 2.23. The number of rotatable bonds is 6. The lowest BCUT2D eigenvalue weighted by atomic mass is 9.98. The third kappa shape index (κ3) is 4.93. The van der Waals surface area contributed by atoms with Gasteiger partial charge in [0.25, 0.3) is 5.91 Å². The number of nitrogens with zero attached hydrogens (tertiary/aromatic N) is 2. The van der Waals surface area contributed by atoms with Crippen molar-refractivity contribution >= 4 is 29.1 Å². The Morgan fingerprint density at radius 3 is 2.65 bits per heavy atom. The standard InChI is InChI=1S/C14H21Cl2N3O/c1-5-9(2)12(8-19(3)4)18-14(20)10-6-13(16)17-7-11(10)15/h6-7,9,12H,5,8H2,1-4H3,(H,18,20)/t9-,12+/m0/s1. The van der Waals surface area contributed by atoms with Crippen LogP contribution < -0.4 is 5.32 Å². The quantitative estimate of drug-likeness (QED) is 0.820. The van der Waals surface area contributed by atoms with E-state index in [-0.39, 0.29) is 17.1 Å². The lowest BCUT2D eigenvalue weighted by molar-refractivity contribution is 0.0913. The Bertz CT molecular complexity index is 466. The van der Waals surface area contributed by atoms with Crippen LogP contribution in [0.4, 0.5) is 0 Å². The third-order valence-electron chi connectivity index (χ3n) is 3.28. The van der Waals surface area contributed by atoms with E-state index >= 15 is 0 Å². The molecule has 1 aromatic heterocycles. The number of nitrogens with one attached hydrogen (secondary N) is 1. The van der Waals surface area contributed by atoms with E-state index in [1.54, 1.807) is 0 Å². The van der Waals surface area contributed by atoms with Gasteiger partial charge in [-0.3, -0.25) is 4.79 Å². The largest absolute Gasteiger partial charge is 0.348 e. The average Bonchev–Trinajstić information content (AvgIpc) is 2.39. The summed E-state index contributed by atoms with van der Waals surface area (Å²) in [6.07, 6.45) is 2.38. The van der Waals surface area contributed by atoms with Crippen LogP contribution in [-0.2, 0) is 0 Å². The molecule has 0 saturated heterocycles. The second-order valence-electron chi connectivity index (χ2n) is 5.21. The molecule has 0 bridgehead atoms. The van der Waals surface area contributed by atoms with Gasteiger partial charge in [0.1, 0.15) is 5.15 Å². The SMILES string of the molecule is CC[C@H](C)[C@@H](CN(C)C)NC(=O)c1cc(Cl)ncc1Cl. The Balaban J connectivity index is 2.87. The van der Waals surface area contributed by atoms with Crippen molar-refractivity contribution in [1.29, 1.82) is 0 Å². The third-order valence-corrected chi connectivity index (χ3v) is 3.78. The van der Waals surface area contributed by atoms with Crippen LogP contribution in [0, 0.1) is 5.92 Å². The molecular formula is C14H21Cl2N3O. The summed E-state index contributed by atoms with van der Waals surface area (Å²) in [5, 5.41) is 3.59. The van der Waals surface area contributed by atoms with Gasteiger partial charge >= 0.3 is 0 Å². The number of likely N-dealkylation sites (N-methyl/N-ethyl adjacent to an activating group) is 1. The number of carbonyl (C=O) groups is 1. The zero-order chi connectivity index (χ0) is 15.3. The van der Waals surface area contributed by atoms with Gasteiger partial charge in [-0.05, 0) is 26.1 Å². The van der Waals surface area contributed by atoms with Gasteiger partial charge in [0.05, 0.1) is 10.6 Å². The van der Waals surface area contributed by atoms with Crippen molar-refractivity contribution in [1.82, 2.24) is 15.2 Å². The molecule has 20 heavy (non-hydrogen) atoms. The van der Waals surface area contributed by atoms with E-state index in [1.807, 2.05) is 14.1 Å². The van der Waals surface area contributed by atoms with Crippen molar-refractivity contribution in [2.24, 2.45) is 5.92 Å². The summed E-state index contributed by atoms with van der Waals surface area (Å²) in [6, 6.07) is 1.55. The van der Waals surface area contributed by atoms with Crippen molar-refractivity contribution in [2.75, 3.05) is 20.6 Å². The maximum atomic E-state index is 12.3. The fourth-order valence-electron chi connectivity index (χ4n) is 1.88. The molecule has 6 heteroatoms. The van der Waals surface area contributed by atoms with Crippen LogP contribution in [0.1, 0.15) is 30.6 Å². The van der Waals surface area contributed by atoms with Crippen LogP contribution in [0.2, 0.25) is 10.2 Å². The Kier molecular flexibility index (Phi) is 6.72. The van der Waals surface area contributed by atoms with Crippen molar-refractivity contribution < 1.29 is 4.79 Å². The highest BCUT2D eigenvalue weighted by atomic mass is 35.5. The molecule has 0 aliphatic carbocycles. The maximum absolute atomic E-state index is 12.3. The first-order valence-electron chi connectivity index (χ1n) is 6.61. The molecule has 0 radical (unpaired) electrons. The van der Waals surface area contributed by atoms with Gasteiger partial charge in [0.15, 0.2) is 0 Å². The van der Waals surface area contributed by atoms with Gasteiger partial charge in [-0.25, -0.2) is 4.98 Å². The van der Waals surface area contributed by atoms with E-state index in [9.17, 15) is 4.79 Å². The first-order chi connectivity index (χ1) is 9.35. The molecule has 0 aliphatic heterocycles. The summed E-state index contributed by atoms with van der Waals surface area (Å²) >= 11 is 11.8. The smallest absolute Gasteiger partial charge is 0.253 e. The summed E-state index contributed by atoms with van der Waals surface area (Å²) in [4.78, 5) is 18.2. The number of hydrogen-bond acceptors (Lipinski definition) is 3. The summed E-state index contributed by atoms with van der Waals surface area (Å²) < 4.78 is 0. The lowest BCUT2D eigenvalue weighted by Crippen LogP contribution is -2.45. The molecule has 1 heterocycles. The number of halogens is 2. The molecule has 1 amide bonds. The summed E-state index contributed by atoms with van der Waals surface area (Å²) in [5.41, 5.74) is 0.360. The van der Waals surface area contributed by atoms with Crippen molar-refractivity contribution in [3.8, 4) is 0 Å². The van der Waals surface area contributed by atoms with E-state index in [2.05, 4.69) is 29.0 Å². The highest BCUT2D eigenvalue weighted by molar-refractivity contribution is 6.35. The molecule has 0 fully saturated rings. The van der Waals surface area contributed by atoms with Crippen LogP contribution in [0.15, 0.2) is 12.3 Å². The highest BCUT2D eigenvalue weighted by Crippen LogP contribution is 2.19. The summed E-state index contributed by atoms with van der Waals surface area (Å²) in [7, 11) is 3.97. The van der Waals surface area contributed by atoms with Gasteiger partial charge in [-0.2, -0.15) is 0 Å². The van der Waals surface area contributed by atoms with Crippen LogP contribution in [0.25, 0.3) is 0 Å². The monoisotopic (exact) mass is 317 g/mol. The predicted octanol–water partition coefficient (Wildman–Crippen LogP) is 3.09. The fraction of sp³-hybridized carbons (Fsp3) is 0.571. The molecule has 1 rings (SSSR count). The molecule has 1 N–H and O–H groups in total. The molecule has 4 nitrogen and oxygen atoms in total. The minimum absolute atomic E-state index is 0.0607. The predicted molar refractivity (Wildman–Crippen MR) is 83.5 cm³/mol. The van der Waals surface area contributed by atoms with Crippen LogP contribution in [0.3, 0.4) is 0 Å². The minimum Gasteiger partial charge on any atom is -0.348 e. The number of hydrogen-bond donors (Lipinski definition) is 1. The zero-order valence-electron chi connectivity index (χ0n) is 12.3. The molecular weight excluding hydrogens is 297 g/mol. The van der Waals surface area contributed by atoms with Crippen molar-refractivity contribution in [3.63, 3.8) is 0 Å². The molecule has 112 valence electrons. The van der Waals surface area contributed by atoms with Gasteiger partial charge in [0.2, 0.25) is 0 Å². The van der Waals surface area contributed by atoms with Crippen LogP contribution in [-0.4, -0.2) is 42.5 Å². The average molecular weight is 318 g/mol. The van der Waals surface area contributed by atoms with E-state index in [0.29, 0.717) is 16.5 Å². The van der Waals surface area contributed by atoms with E-state index in [1.165, 1.54) is 12.3 Å². The van der Waals surface area contributed by atoms with E-state index < -0.39 is 0 Å². The number of amides is 1. The Morgan fingerprint density at radius 1 is 1.45 bits per heavy atom. The van der Waals surface area contributed by atoms with Crippen molar-refractivity contribution in [2.45, 2.75) is 26.3 Å². The number of carbonyl (C=O) groups excluding carboxylic acids is 1. The van der Waals surface area contributed by atoms with Gasteiger partial charge in [-0.15, -0.1) is 0 Å². The maximum Gasteiger partial charge on any atom is 0.253 e. The van der Waals surface area contributed by atoms with Crippen LogP contribution in [0.5, 0.6) is 0 Å². The highest BCUT2D eigenvalue weighted by Gasteiger charge is 2.21. The molecule has 0 aromatic carbocycles. The minimum atomic E-state index is -0.216. The first kappa shape index (κ1) is 17.2. The topological polar surface area (TPSA) is 45.2 Å². The van der Waals surface area contributed by atoms with Gasteiger partial charge < -0.3 is 10.2 Å². The second kappa shape index (κ2) is 7.81. The van der Waals surface area contributed by atoms with E-state index in [4.69, 9.17) is 23.2 Å². The molecule has 2 atom stereocenters. The Hall–Kier alpha value is -0.840. The van der Waals surface area contributed by atoms with Gasteiger partial charge in [0, 0.05) is 18.8 Å². The van der Waals surface area contributed by atoms with Crippen molar-refractivity contribution in [3.05, 3.63) is 28.0 Å². The summed E-state index contributed by atoms with van der Waals surface area (Å²) in [6.45, 7) is 5.00. The second-order valence-corrected chi connectivity index (χ2v) is 6.01. The molecule has 0 spiro atoms. The van der Waals surface area contributed by atoms with Crippen LogP contribution >= 0.6 is 23.2 Å². The van der Waals surface area contributed by atoms with E-state index in [0.717, 1.165) is 13.0 Å². The molecule has 1 aromatic rings.